The van der Waals surface area contributed by atoms with Gasteiger partial charge in [-0.05, 0) is 12.0 Å². The van der Waals surface area contributed by atoms with Crippen molar-refractivity contribution in [3.05, 3.63) is 52.1 Å². The molecule has 0 aliphatic heterocycles. The van der Waals surface area contributed by atoms with Crippen molar-refractivity contribution in [3.8, 4) is 0 Å². The fraction of sp³-hybridized carbons (Fsp3) is 0.273. The molecule has 0 bridgehead atoms. The van der Waals surface area contributed by atoms with Crippen molar-refractivity contribution < 1.29 is 10.0 Å². The number of nitro groups is 1. The van der Waals surface area contributed by atoms with Crippen molar-refractivity contribution in [1.82, 2.24) is 0 Å². The van der Waals surface area contributed by atoms with Gasteiger partial charge in [0.25, 0.3) is 0 Å². The first kappa shape index (κ1) is 11.4. The first-order chi connectivity index (χ1) is 7.18. The van der Waals surface area contributed by atoms with E-state index in [9.17, 15) is 15.2 Å². The molecule has 1 rings (SSSR count). The molecular formula is C11H13NO3. The Morgan fingerprint density at radius 1 is 1.40 bits per heavy atom. The summed E-state index contributed by atoms with van der Waals surface area (Å²) in [5.41, 5.74) is 1.02. The van der Waals surface area contributed by atoms with Gasteiger partial charge in [0.2, 0.25) is 6.54 Å². The molecule has 0 saturated heterocycles. The lowest BCUT2D eigenvalue weighted by Crippen LogP contribution is -2.18. The summed E-state index contributed by atoms with van der Waals surface area (Å²) in [4.78, 5) is 9.55. The summed E-state index contributed by atoms with van der Waals surface area (Å²) in [5.74, 6) is 0. The highest BCUT2D eigenvalue weighted by molar-refractivity contribution is 5.48. The van der Waals surface area contributed by atoms with E-state index in [1.165, 1.54) is 0 Å². The molecule has 15 heavy (non-hydrogen) atoms. The lowest BCUT2D eigenvalue weighted by atomic mass is 10.1. The van der Waals surface area contributed by atoms with Crippen molar-refractivity contribution >= 4 is 6.08 Å². The van der Waals surface area contributed by atoms with Crippen molar-refractivity contribution in [2.24, 2.45) is 0 Å². The molecule has 0 amide bonds. The Balaban J connectivity index is 2.37. The van der Waals surface area contributed by atoms with Crippen LogP contribution in [0.1, 0.15) is 12.0 Å². The third-order valence-electron chi connectivity index (χ3n) is 1.88. The summed E-state index contributed by atoms with van der Waals surface area (Å²) in [6.45, 7) is -0.404. The highest BCUT2D eigenvalue weighted by atomic mass is 16.6. The van der Waals surface area contributed by atoms with Gasteiger partial charge in [-0.3, -0.25) is 10.1 Å². The SMILES string of the molecule is O=[N+]([O-])CC(O)C/C=C/c1ccccc1. The Bertz CT molecular complexity index is 335. The predicted octanol–water partition coefficient (Wildman–Crippen LogP) is 1.73. The average molecular weight is 207 g/mol. The second kappa shape index (κ2) is 5.93. The number of rotatable bonds is 5. The number of nitrogens with zero attached hydrogens (tertiary/aromatic N) is 1. The van der Waals surface area contributed by atoms with Crippen LogP contribution >= 0.6 is 0 Å². The van der Waals surface area contributed by atoms with E-state index in [0.717, 1.165) is 5.56 Å². The van der Waals surface area contributed by atoms with Gasteiger partial charge in [-0.25, -0.2) is 0 Å². The van der Waals surface area contributed by atoms with E-state index in [0.29, 0.717) is 6.42 Å². The van der Waals surface area contributed by atoms with Crippen LogP contribution in [0, 0.1) is 10.1 Å². The number of benzene rings is 1. The van der Waals surface area contributed by atoms with Gasteiger partial charge in [-0.2, -0.15) is 0 Å². The molecule has 1 aromatic carbocycles. The minimum atomic E-state index is -0.903. The molecule has 1 unspecified atom stereocenters. The van der Waals surface area contributed by atoms with Crippen LogP contribution in [0.2, 0.25) is 0 Å². The molecule has 0 aromatic heterocycles. The van der Waals surface area contributed by atoms with Crippen LogP contribution in [-0.4, -0.2) is 22.7 Å². The molecule has 4 nitrogen and oxygen atoms in total. The minimum absolute atomic E-state index is 0.301. The van der Waals surface area contributed by atoms with Crippen molar-refractivity contribution in [1.29, 1.82) is 0 Å². The van der Waals surface area contributed by atoms with Gasteiger partial charge >= 0.3 is 0 Å². The zero-order chi connectivity index (χ0) is 11.1. The van der Waals surface area contributed by atoms with E-state index in [1.807, 2.05) is 36.4 Å². The topological polar surface area (TPSA) is 63.4 Å². The average Bonchev–Trinajstić information content (AvgIpc) is 2.18. The van der Waals surface area contributed by atoms with Crippen LogP contribution in [0.5, 0.6) is 0 Å². The lowest BCUT2D eigenvalue weighted by molar-refractivity contribution is -0.490. The van der Waals surface area contributed by atoms with Crippen LogP contribution in [0.3, 0.4) is 0 Å². The number of hydrogen-bond donors (Lipinski definition) is 1. The Morgan fingerprint density at radius 2 is 2.07 bits per heavy atom. The maximum absolute atomic E-state index is 10.1. The molecule has 1 N–H and O–H groups in total. The fourth-order valence-electron chi connectivity index (χ4n) is 1.17. The Hall–Kier alpha value is -1.68. The normalized spacial score (nSPS) is 12.9. The molecule has 0 aliphatic rings. The number of aliphatic hydroxyl groups is 1. The van der Waals surface area contributed by atoms with Gasteiger partial charge < -0.3 is 5.11 Å². The summed E-state index contributed by atoms with van der Waals surface area (Å²) in [7, 11) is 0. The van der Waals surface area contributed by atoms with Gasteiger partial charge in [-0.1, -0.05) is 42.5 Å². The van der Waals surface area contributed by atoms with Crippen molar-refractivity contribution in [2.45, 2.75) is 12.5 Å². The summed E-state index contributed by atoms with van der Waals surface area (Å²) >= 11 is 0. The molecular weight excluding hydrogens is 194 g/mol. The number of hydrogen-bond acceptors (Lipinski definition) is 3. The van der Waals surface area contributed by atoms with E-state index in [-0.39, 0.29) is 0 Å². The first-order valence-electron chi connectivity index (χ1n) is 4.70. The summed E-state index contributed by atoms with van der Waals surface area (Å²) < 4.78 is 0. The highest BCUT2D eigenvalue weighted by Gasteiger charge is 2.08. The van der Waals surface area contributed by atoms with Gasteiger partial charge in [-0.15, -0.1) is 0 Å². The van der Waals surface area contributed by atoms with Gasteiger partial charge in [0, 0.05) is 4.92 Å². The van der Waals surface area contributed by atoms with Crippen LogP contribution in [0.4, 0.5) is 0 Å². The third-order valence-corrected chi connectivity index (χ3v) is 1.88. The maximum atomic E-state index is 10.1. The summed E-state index contributed by atoms with van der Waals surface area (Å²) in [6, 6.07) is 9.59. The zero-order valence-electron chi connectivity index (χ0n) is 8.24. The second-order valence-corrected chi connectivity index (χ2v) is 3.22. The van der Waals surface area contributed by atoms with Gasteiger partial charge in [0.15, 0.2) is 0 Å². The monoisotopic (exact) mass is 207 g/mol. The lowest BCUT2D eigenvalue weighted by Gasteiger charge is -2.00. The highest BCUT2D eigenvalue weighted by Crippen LogP contribution is 2.03. The molecule has 4 heteroatoms. The molecule has 1 atom stereocenters. The van der Waals surface area contributed by atoms with E-state index in [2.05, 4.69) is 0 Å². The van der Waals surface area contributed by atoms with Crippen molar-refractivity contribution in [3.63, 3.8) is 0 Å². The minimum Gasteiger partial charge on any atom is -0.386 e. The van der Waals surface area contributed by atoms with Crippen LogP contribution in [0.25, 0.3) is 6.08 Å². The molecule has 0 radical (unpaired) electrons. The van der Waals surface area contributed by atoms with Crippen LogP contribution in [-0.2, 0) is 0 Å². The predicted molar refractivity (Wildman–Crippen MR) is 58.0 cm³/mol. The van der Waals surface area contributed by atoms with E-state index < -0.39 is 17.6 Å². The van der Waals surface area contributed by atoms with Crippen LogP contribution < -0.4 is 0 Å². The maximum Gasteiger partial charge on any atom is 0.229 e. The molecule has 0 spiro atoms. The summed E-state index contributed by atoms with van der Waals surface area (Å²) in [6.07, 6.45) is 2.97. The smallest absolute Gasteiger partial charge is 0.229 e. The Morgan fingerprint density at radius 3 is 2.67 bits per heavy atom. The van der Waals surface area contributed by atoms with E-state index in [4.69, 9.17) is 0 Å². The molecule has 1 aromatic rings. The summed E-state index contributed by atoms with van der Waals surface area (Å²) in [5, 5.41) is 19.3. The fourth-order valence-corrected chi connectivity index (χ4v) is 1.17. The zero-order valence-corrected chi connectivity index (χ0v) is 8.24. The molecule has 0 saturated carbocycles. The molecule has 80 valence electrons. The molecule has 0 heterocycles. The van der Waals surface area contributed by atoms with Crippen LogP contribution in [0.15, 0.2) is 36.4 Å². The quantitative estimate of drug-likeness (QED) is 0.590. The molecule has 0 fully saturated rings. The number of aliphatic hydroxyl groups excluding tert-OH is 1. The largest absolute Gasteiger partial charge is 0.386 e. The third kappa shape index (κ3) is 4.93. The standard InChI is InChI=1S/C11H13NO3/c13-11(9-12(14)15)8-4-7-10-5-2-1-3-6-10/h1-7,11,13H,8-9H2/b7-4+. The van der Waals surface area contributed by atoms with Gasteiger partial charge in [0.05, 0.1) is 0 Å². The second-order valence-electron chi connectivity index (χ2n) is 3.22. The van der Waals surface area contributed by atoms with Crippen molar-refractivity contribution in [2.75, 3.05) is 6.54 Å². The van der Waals surface area contributed by atoms with Gasteiger partial charge in [0.1, 0.15) is 6.10 Å². The van der Waals surface area contributed by atoms with E-state index >= 15 is 0 Å². The first-order valence-corrected chi connectivity index (χ1v) is 4.70. The Labute approximate surface area is 88.0 Å². The van der Waals surface area contributed by atoms with E-state index in [1.54, 1.807) is 6.08 Å². The Kier molecular flexibility index (Phi) is 4.50. The molecule has 0 aliphatic carbocycles.